The van der Waals surface area contributed by atoms with E-state index in [1.807, 2.05) is 0 Å². The molecule has 0 amide bonds. The standard InChI is InChI=1S/C51H38/c1-3-13-45(44-19-7-4-14-34(44)2)41-17-12-18-42(33-41)50-46-20-8-10-22-48(46)51(49-23-11-9-21-47(49)50)43-29-28-39-31-38(26-27-40(39)32-43)37-25-24-35-15-5-6-16-36(35)30-37/h4-33H,3H2,1-2H3/b45-13-. The number of aryl methyl sites for hydroxylation is 1. The molecule has 9 rings (SSSR count). The predicted molar refractivity (Wildman–Crippen MR) is 221 cm³/mol. The molecule has 0 aliphatic rings. The second-order valence-electron chi connectivity index (χ2n) is 13.6. The van der Waals surface area contributed by atoms with Crippen molar-refractivity contribution in [1.82, 2.24) is 0 Å². The molecule has 0 N–H and O–H groups in total. The van der Waals surface area contributed by atoms with E-state index in [1.54, 1.807) is 0 Å². The van der Waals surface area contributed by atoms with Crippen molar-refractivity contribution < 1.29 is 0 Å². The number of hydrogen-bond acceptors (Lipinski definition) is 0. The van der Waals surface area contributed by atoms with Crippen LogP contribution in [0.4, 0.5) is 0 Å². The SMILES string of the molecule is CC/C=C(/c1cccc(-c2c3ccccc3c(-c3ccc4cc(-c5ccc6ccccc6c5)ccc4c3)c3ccccc23)c1)c1ccccc1C. The van der Waals surface area contributed by atoms with Crippen molar-refractivity contribution in [2.24, 2.45) is 0 Å². The van der Waals surface area contributed by atoms with Gasteiger partial charge < -0.3 is 0 Å². The van der Waals surface area contributed by atoms with E-state index in [1.165, 1.54) is 98.7 Å². The summed E-state index contributed by atoms with van der Waals surface area (Å²) in [6, 6.07) is 65.0. The molecule has 0 unspecified atom stereocenters. The molecular formula is C51H38. The molecule has 0 radical (unpaired) electrons. The van der Waals surface area contributed by atoms with Crippen LogP contribution in [0.1, 0.15) is 30.0 Å². The highest BCUT2D eigenvalue weighted by Gasteiger charge is 2.18. The molecule has 9 aromatic rings. The fraction of sp³-hybridized carbons (Fsp3) is 0.0588. The minimum atomic E-state index is 0.977. The van der Waals surface area contributed by atoms with E-state index in [4.69, 9.17) is 0 Å². The van der Waals surface area contributed by atoms with Gasteiger partial charge in [0.25, 0.3) is 0 Å². The van der Waals surface area contributed by atoms with Gasteiger partial charge in [0.2, 0.25) is 0 Å². The molecule has 242 valence electrons. The third kappa shape index (κ3) is 5.50. The summed E-state index contributed by atoms with van der Waals surface area (Å²) >= 11 is 0. The summed E-state index contributed by atoms with van der Waals surface area (Å²) < 4.78 is 0. The van der Waals surface area contributed by atoms with Crippen molar-refractivity contribution in [2.45, 2.75) is 20.3 Å². The van der Waals surface area contributed by atoms with Gasteiger partial charge in [-0.1, -0.05) is 165 Å². The lowest BCUT2D eigenvalue weighted by atomic mass is 9.84. The molecule has 0 heterocycles. The molecule has 0 aliphatic carbocycles. The quantitative estimate of drug-likeness (QED) is 0.157. The Morgan fingerprint density at radius 1 is 0.412 bits per heavy atom. The van der Waals surface area contributed by atoms with Crippen LogP contribution in [0.25, 0.3) is 82.0 Å². The van der Waals surface area contributed by atoms with Gasteiger partial charge in [0.1, 0.15) is 0 Å². The number of fused-ring (bicyclic) bond motifs is 4. The Hall–Kier alpha value is -6.24. The highest BCUT2D eigenvalue weighted by atomic mass is 14.2. The van der Waals surface area contributed by atoms with E-state index in [9.17, 15) is 0 Å². The smallest absolute Gasteiger partial charge is 0.00262 e. The Labute approximate surface area is 300 Å². The fourth-order valence-corrected chi connectivity index (χ4v) is 8.00. The van der Waals surface area contributed by atoms with Gasteiger partial charge in [-0.05, 0) is 136 Å². The lowest BCUT2D eigenvalue weighted by molar-refractivity contribution is 1.22. The zero-order chi connectivity index (χ0) is 34.3. The Kier molecular flexibility index (Phi) is 7.79. The van der Waals surface area contributed by atoms with Gasteiger partial charge in [0, 0.05) is 0 Å². The monoisotopic (exact) mass is 650 g/mol. The largest absolute Gasteiger partial charge is 0.0763 e. The van der Waals surface area contributed by atoms with Gasteiger partial charge in [-0.3, -0.25) is 0 Å². The number of benzene rings is 9. The number of allylic oxidation sites excluding steroid dienone is 1. The lowest BCUT2D eigenvalue weighted by Crippen LogP contribution is -1.94. The Balaban J connectivity index is 1.20. The van der Waals surface area contributed by atoms with Gasteiger partial charge in [-0.25, -0.2) is 0 Å². The highest BCUT2D eigenvalue weighted by molar-refractivity contribution is 6.21. The summed E-state index contributed by atoms with van der Waals surface area (Å²) in [4.78, 5) is 0. The summed E-state index contributed by atoms with van der Waals surface area (Å²) in [5.41, 5.74) is 12.7. The van der Waals surface area contributed by atoms with Gasteiger partial charge in [0.15, 0.2) is 0 Å². The van der Waals surface area contributed by atoms with Crippen molar-refractivity contribution >= 4 is 48.7 Å². The average Bonchev–Trinajstić information content (AvgIpc) is 3.19. The molecule has 0 fully saturated rings. The van der Waals surface area contributed by atoms with Crippen LogP contribution in [0.15, 0.2) is 182 Å². The van der Waals surface area contributed by atoms with E-state index in [2.05, 4.69) is 196 Å². The first kappa shape index (κ1) is 30.8. The molecule has 0 aliphatic heterocycles. The van der Waals surface area contributed by atoms with Crippen molar-refractivity contribution in [3.05, 3.63) is 199 Å². The van der Waals surface area contributed by atoms with E-state index < -0.39 is 0 Å². The van der Waals surface area contributed by atoms with Gasteiger partial charge >= 0.3 is 0 Å². The molecule has 0 heteroatoms. The van der Waals surface area contributed by atoms with E-state index >= 15 is 0 Å². The summed E-state index contributed by atoms with van der Waals surface area (Å²) in [7, 11) is 0. The summed E-state index contributed by atoms with van der Waals surface area (Å²) in [6.45, 7) is 4.43. The fourth-order valence-electron chi connectivity index (χ4n) is 8.00. The van der Waals surface area contributed by atoms with Crippen LogP contribution < -0.4 is 0 Å². The third-order valence-corrected chi connectivity index (χ3v) is 10.4. The van der Waals surface area contributed by atoms with Crippen molar-refractivity contribution in [1.29, 1.82) is 0 Å². The Morgan fingerprint density at radius 3 is 1.49 bits per heavy atom. The Morgan fingerprint density at radius 2 is 0.882 bits per heavy atom. The summed E-state index contributed by atoms with van der Waals surface area (Å²) in [5, 5.41) is 10.1. The molecule has 9 aromatic carbocycles. The summed E-state index contributed by atoms with van der Waals surface area (Å²) in [6.07, 6.45) is 3.34. The molecule has 0 saturated carbocycles. The van der Waals surface area contributed by atoms with Crippen molar-refractivity contribution in [2.75, 3.05) is 0 Å². The maximum atomic E-state index is 2.39. The van der Waals surface area contributed by atoms with Crippen LogP contribution in [0.5, 0.6) is 0 Å². The maximum Gasteiger partial charge on any atom is -0.00262 e. The molecule has 0 bridgehead atoms. The predicted octanol–water partition coefficient (Wildman–Crippen LogP) is 14.5. The third-order valence-electron chi connectivity index (χ3n) is 10.4. The first-order valence-corrected chi connectivity index (χ1v) is 18.0. The lowest BCUT2D eigenvalue weighted by Gasteiger charge is -2.19. The van der Waals surface area contributed by atoms with Gasteiger partial charge in [0.05, 0.1) is 0 Å². The van der Waals surface area contributed by atoms with Gasteiger partial charge in [-0.15, -0.1) is 0 Å². The minimum absolute atomic E-state index is 0.977. The maximum absolute atomic E-state index is 2.39. The molecular weight excluding hydrogens is 613 g/mol. The first-order chi connectivity index (χ1) is 25.2. The van der Waals surface area contributed by atoms with E-state index in [-0.39, 0.29) is 0 Å². The van der Waals surface area contributed by atoms with Crippen LogP contribution in [0.2, 0.25) is 0 Å². The van der Waals surface area contributed by atoms with Crippen LogP contribution in [0, 0.1) is 6.92 Å². The second kappa shape index (κ2) is 12.9. The Bertz CT molecular complexity index is 2740. The molecule has 51 heavy (non-hydrogen) atoms. The number of hydrogen-bond donors (Lipinski definition) is 0. The molecule has 0 saturated heterocycles. The second-order valence-corrected chi connectivity index (χ2v) is 13.6. The van der Waals surface area contributed by atoms with E-state index in [0.717, 1.165) is 6.42 Å². The minimum Gasteiger partial charge on any atom is -0.0763 e. The zero-order valence-corrected chi connectivity index (χ0v) is 29.0. The van der Waals surface area contributed by atoms with Crippen LogP contribution in [0.3, 0.4) is 0 Å². The highest BCUT2D eigenvalue weighted by Crippen LogP contribution is 2.45. The molecule has 0 nitrogen and oxygen atoms in total. The normalized spacial score (nSPS) is 11.9. The van der Waals surface area contributed by atoms with Crippen molar-refractivity contribution in [3.8, 4) is 33.4 Å². The summed E-state index contributed by atoms with van der Waals surface area (Å²) in [5.74, 6) is 0. The first-order valence-electron chi connectivity index (χ1n) is 18.0. The van der Waals surface area contributed by atoms with Crippen molar-refractivity contribution in [3.63, 3.8) is 0 Å². The molecule has 0 spiro atoms. The van der Waals surface area contributed by atoms with Crippen LogP contribution in [-0.2, 0) is 0 Å². The van der Waals surface area contributed by atoms with E-state index in [0.29, 0.717) is 0 Å². The zero-order valence-electron chi connectivity index (χ0n) is 29.0. The molecule has 0 aromatic heterocycles. The topological polar surface area (TPSA) is 0 Å². The van der Waals surface area contributed by atoms with Crippen LogP contribution in [-0.4, -0.2) is 0 Å². The van der Waals surface area contributed by atoms with Crippen LogP contribution >= 0.6 is 0 Å². The molecule has 0 atom stereocenters. The van der Waals surface area contributed by atoms with Gasteiger partial charge in [-0.2, -0.15) is 0 Å². The number of rotatable bonds is 6. The average molecular weight is 651 g/mol.